The first-order chi connectivity index (χ1) is 9.19. The third-order valence-corrected chi connectivity index (χ3v) is 2.93. The number of carbonyl (C=O) groups excluding carboxylic acids is 1. The van der Waals surface area contributed by atoms with Crippen LogP contribution in [0.3, 0.4) is 0 Å². The molecule has 1 aromatic carbocycles. The quantitative estimate of drug-likeness (QED) is 0.913. The van der Waals surface area contributed by atoms with Crippen molar-refractivity contribution in [2.45, 2.75) is 13.0 Å². The van der Waals surface area contributed by atoms with Gasteiger partial charge in [0.05, 0.1) is 12.8 Å². The van der Waals surface area contributed by atoms with E-state index in [1.165, 1.54) is 0 Å². The maximum atomic E-state index is 11.9. The number of nitrogens with one attached hydrogen (secondary N) is 1. The molecule has 19 heavy (non-hydrogen) atoms. The van der Waals surface area contributed by atoms with E-state index in [4.69, 9.17) is 16.3 Å². The first kappa shape index (κ1) is 13.5. The summed E-state index contributed by atoms with van der Waals surface area (Å²) in [7, 11) is 1.55. The zero-order chi connectivity index (χ0) is 13.7. The number of hydrogen-bond donors (Lipinski definition) is 1. The van der Waals surface area contributed by atoms with Gasteiger partial charge in [0.15, 0.2) is 0 Å². The molecule has 0 saturated carbocycles. The van der Waals surface area contributed by atoms with Crippen LogP contribution in [0.4, 0.5) is 5.69 Å². The Morgan fingerprint density at radius 2 is 2.11 bits per heavy atom. The van der Waals surface area contributed by atoms with E-state index >= 15 is 0 Å². The summed E-state index contributed by atoms with van der Waals surface area (Å²) in [6, 6.07) is 8.98. The van der Waals surface area contributed by atoms with Gasteiger partial charge in [0.1, 0.15) is 5.75 Å². The number of carbonyl (C=O) groups is 1. The van der Waals surface area contributed by atoms with Crippen LogP contribution in [0.2, 0.25) is 5.02 Å². The number of aromatic nitrogens is 1. The van der Waals surface area contributed by atoms with E-state index in [9.17, 15) is 4.79 Å². The second-order valence-electron chi connectivity index (χ2n) is 4.06. The Hall–Kier alpha value is -1.94. The summed E-state index contributed by atoms with van der Waals surface area (Å²) in [5.41, 5.74) is 0.590. The number of aryl methyl sites for hydroxylation is 1. The number of methoxy groups -OCH3 is 1. The Kier molecular flexibility index (Phi) is 4.47. The van der Waals surface area contributed by atoms with Crippen molar-refractivity contribution in [3.05, 3.63) is 47.7 Å². The third kappa shape index (κ3) is 3.76. The molecule has 1 N–H and O–H groups in total. The number of ether oxygens (including phenoxy) is 1. The Morgan fingerprint density at radius 1 is 1.37 bits per heavy atom. The smallest absolute Gasteiger partial charge is 0.226 e. The van der Waals surface area contributed by atoms with Crippen LogP contribution >= 0.6 is 11.6 Å². The van der Waals surface area contributed by atoms with E-state index in [0.717, 1.165) is 0 Å². The van der Waals surface area contributed by atoms with Gasteiger partial charge in [-0.1, -0.05) is 11.6 Å². The molecule has 4 nitrogen and oxygen atoms in total. The Morgan fingerprint density at radius 3 is 2.79 bits per heavy atom. The van der Waals surface area contributed by atoms with Gasteiger partial charge in [0, 0.05) is 30.4 Å². The van der Waals surface area contributed by atoms with Gasteiger partial charge in [-0.3, -0.25) is 4.79 Å². The fraction of sp³-hybridized carbons (Fsp3) is 0.214. The molecular weight excluding hydrogens is 264 g/mol. The summed E-state index contributed by atoms with van der Waals surface area (Å²) in [6.45, 7) is 0.641. The fourth-order valence-electron chi connectivity index (χ4n) is 1.74. The first-order valence-corrected chi connectivity index (χ1v) is 6.31. The summed E-state index contributed by atoms with van der Waals surface area (Å²) in [5, 5.41) is 3.36. The lowest BCUT2D eigenvalue weighted by atomic mass is 10.2. The highest BCUT2D eigenvalue weighted by Crippen LogP contribution is 2.27. The molecule has 0 fully saturated rings. The normalized spacial score (nSPS) is 10.2. The number of anilines is 1. The van der Waals surface area contributed by atoms with Crippen LogP contribution in [-0.4, -0.2) is 17.6 Å². The molecule has 0 aliphatic heterocycles. The van der Waals surface area contributed by atoms with E-state index in [0.29, 0.717) is 29.4 Å². The molecule has 0 atom stereocenters. The molecule has 1 amide bonds. The SMILES string of the molecule is COc1ccc(Cl)cc1NC(=O)CCn1cccc1. The topological polar surface area (TPSA) is 43.3 Å². The molecule has 100 valence electrons. The first-order valence-electron chi connectivity index (χ1n) is 5.93. The Labute approximate surface area is 116 Å². The van der Waals surface area contributed by atoms with Crippen molar-refractivity contribution < 1.29 is 9.53 Å². The van der Waals surface area contributed by atoms with Gasteiger partial charge in [-0.15, -0.1) is 0 Å². The molecule has 2 aromatic rings. The van der Waals surface area contributed by atoms with Crippen molar-refractivity contribution in [2.75, 3.05) is 12.4 Å². The van der Waals surface area contributed by atoms with E-state index in [-0.39, 0.29) is 5.91 Å². The number of amides is 1. The molecule has 0 saturated heterocycles. The van der Waals surface area contributed by atoms with Crippen molar-refractivity contribution in [1.82, 2.24) is 4.57 Å². The van der Waals surface area contributed by atoms with Gasteiger partial charge in [-0.05, 0) is 30.3 Å². The van der Waals surface area contributed by atoms with Crippen LogP contribution in [-0.2, 0) is 11.3 Å². The highest BCUT2D eigenvalue weighted by molar-refractivity contribution is 6.31. The van der Waals surface area contributed by atoms with Crippen molar-refractivity contribution >= 4 is 23.2 Å². The van der Waals surface area contributed by atoms with Crippen LogP contribution in [0.1, 0.15) is 6.42 Å². The maximum absolute atomic E-state index is 11.9. The second-order valence-corrected chi connectivity index (χ2v) is 4.50. The predicted molar refractivity (Wildman–Crippen MR) is 75.7 cm³/mol. The van der Waals surface area contributed by atoms with Crippen LogP contribution in [0, 0.1) is 0 Å². The van der Waals surface area contributed by atoms with Gasteiger partial charge in [-0.25, -0.2) is 0 Å². The van der Waals surface area contributed by atoms with E-state index in [1.54, 1.807) is 25.3 Å². The molecule has 1 aromatic heterocycles. The molecule has 2 rings (SSSR count). The predicted octanol–water partition coefficient (Wildman–Crippen LogP) is 3.18. The van der Waals surface area contributed by atoms with E-state index in [2.05, 4.69) is 5.32 Å². The van der Waals surface area contributed by atoms with Crippen LogP contribution in [0.25, 0.3) is 0 Å². The van der Waals surface area contributed by atoms with Gasteiger partial charge < -0.3 is 14.6 Å². The fourth-order valence-corrected chi connectivity index (χ4v) is 1.91. The van der Waals surface area contributed by atoms with Crippen molar-refractivity contribution in [2.24, 2.45) is 0 Å². The van der Waals surface area contributed by atoms with Crippen molar-refractivity contribution in [3.63, 3.8) is 0 Å². The average Bonchev–Trinajstić information content (AvgIpc) is 2.90. The number of benzene rings is 1. The standard InChI is InChI=1S/C14H15ClN2O2/c1-19-13-5-4-11(15)10-12(13)16-14(18)6-9-17-7-2-3-8-17/h2-5,7-8,10H,6,9H2,1H3,(H,16,18). The molecule has 0 aliphatic rings. The van der Waals surface area contributed by atoms with Crippen LogP contribution < -0.4 is 10.1 Å². The summed E-state index contributed by atoms with van der Waals surface area (Å²) in [5.74, 6) is 0.521. The van der Waals surface area contributed by atoms with Gasteiger partial charge >= 0.3 is 0 Å². The molecule has 0 spiro atoms. The molecule has 0 unspecified atom stereocenters. The van der Waals surface area contributed by atoms with Gasteiger partial charge in [-0.2, -0.15) is 0 Å². The number of hydrogen-bond acceptors (Lipinski definition) is 2. The molecule has 0 bridgehead atoms. The highest BCUT2D eigenvalue weighted by atomic mass is 35.5. The third-order valence-electron chi connectivity index (χ3n) is 2.70. The molecule has 5 heteroatoms. The summed E-state index contributed by atoms with van der Waals surface area (Å²) in [4.78, 5) is 11.9. The molecule has 0 radical (unpaired) electrons. The minimum Gasteiger partial charge on any atom is -0.495 e. The molecule has 0 aliphatic carbocycles. The van der Waals surface area contributed by atoms with Crippen molar-refractivity contribution in [1.29, 1.82) is 0 Å². The lowest BCUT2D eigenvalue weighted by Gasteiger charge is -2.10. The van der Waals surface area contributed by atoms with E-state index in [1.807, 2.05) is 29.1 Å². The average molecular weight is 279 g/mol. The van der Waals surface area contributed by atoms with Crippen molar-refractivity contribution in [3.8, 4) is 5.75 Å². The van der Waals surface area contributed by atoms with Gasteiger partial charge in [0.25, 0.3) is 0 Å². The number of rotatable bonds is 5. The lowest BCUT2D eigenvalue weighted by molar-refractivity contribution is -0.116. The number of halogens is 1. The zero-order valence-electron chi connectivity index (χ0n) is 10.6. The second kappa shape index (κ2) is 6.29. The largest absolute Gasteiger partial charge is 0.495 e. The zero-order valence-corrected chi connectivity index (χ0v) is 11.4. The Bertz CT molecular complexity index is 553. The maximum Gasteiger partial charge on any atom is 0.226 e. The summed E-state index contributed by atoms with van der Waals surface area (Å²) >= 11 is 5.90. The minimum atomic E-state index is -0.0748. The summed E-state index contributed by atoms with van der Waals surface area (Å²) in [6.07, 6.45) is 4.24. The van der Waals surface area contributed by atoms with Crippen LogP contribution in [0.5, 0.6) is 5.75 Å². The lowest BCUT2D eigenvalue weighted by Crippen LogP contribution is -2.14. The summed E-state index contributed by atoms with van der Waals surface area (Å²) < 4.78 is 7.13. The Balaban J connectivity index is 1.96. The molecule has 1 heterocycles. The van der Waals surface area contributed by atoms with E-state index < -0.39 is 0 Å². The minimum absolute atomic E-state index is 0.0748. The van der Waals surface area contributed by atoms with Crippen LogP contribution in [0.15, 0.2) is 42.7 Å². The highest BCUT2D eigenvalue weighted by Gasteiger charge is 2.08. The monoisotopic (exact) mass is 278 g/mol. The van der Waals surface area contributed by atoms with Gasteiger partial charge in [0.2, 0.25) is 5.91 Å². The molecular formula is C14H15ClN2O2. The number of nitrogens with zero attached hydrogens (tertiary/aromatic N) is 1.